The van der Waals surface area contributed by atoms with Crippen molar-refractivity contribution >= 4 is 12.1 Å². The molecule has 0 saturated heterocycles. The molecule has 0 heterocycles. The van der Waals surface area contributed by atoms with Crippen LogP contribution in [-0.4, -0.2) is 12.1 Å². The maximum atomic E-state index is 11.0. The number of ketones is 1. The molecule has 0 bridgehead atoms. The lowest BCUT2D eigenvalue weighted by Crippen LogP contribution is -2.26. The summed E-state index contributed by atoms with van der Waals surface area (Å²) in [6.45, 7) is 1.59. The molecule has 0 aromatic heterocycles. The van der Waals surface area contributed by atoms with Crippen LogP contribution in [0.25, 0.3) is 0 Å². The first-order chi connectivity index (χ1) is 5.25. The average molecular weight is 154 g/mol. The van der Waals surface area contributed by atoms with Crippen molar-refractivity contribution in [1.82, 2.24) is 0 Å². The highest BCUT2D eigenvalue weighted by molar-refractivity contribution is 5.81. The van der Waals surface area contributed by atoms with E-state index in [1.807, 2.05) is 0 Å². The molecule has 2 heteroatoms. The van der Waals surface area contributed by atoms with E-state index in [-0.39, 0.29) is 17.6 Å². The predicted molar refractivity (Wildman–Crippen MR) is 42.2 cm³/mol. The maximum absolute atomic E-state index is 11.0. The van der Waals surface area contributed by atoms with Crippen molar-refractivity contribution in [3.63, 3.8) is 0 Å². The van der Waals surface area contributed by atoms with Gasteiger partial charge in [0.15, 0.2) is 0 Å². The van der Waals surface area contributed by atoms with Gasteiger partial charge in [-0.1, -0.05) is 12.8 Å². The number of hydrogen-bond donors (Lipinski definition) is 0. The third kappa shape index (κ3) is 1.88. The van der Waals surface area contributed by atoms with Gasteiger partial charge in [0.25, 0.3) is 0 Å². The van der Waals surface area contributed by atoms with Crippen LogP contribution in [-0.2, 0) is 9.59 Å². The molecular weight excluding hydrogens is 140 g/mol. The summed E-state index contributed by atoms with van der Waals surface area (Å²) < 4.78 is 0. The zero-order valence-electron chi connectivity index (χ0n) is 6.88. The van der Waals surface area contributed by atoms with E-state index in [2.05, 4.69) is 0 Å². The van der Waals surface area contributed by atoms with Crippen molar-refractivity contribution in [2.24, 2.45) is 11.8 Å². The fraction of sp³-hybridized carbons (Fsp3) is 0.778. The van der Waals surface area contributed by atoms with E-state index < -0.39 is 0 Å². The van der Waals surface area contributed by atoms with Crippen molar-refractivity contribution in [3.8, 4) is 0 Å². The molecule has 11 heavy (non-hydrogen) atoms. The SMILES string of the molecule is CC(=O)[C@@H]1CCCC[C@H]1C=O. The Bertz CT molecular complexity index is 163. The fourth-order valence-corrected chi connectivity index (χ4v) is 1.83. The Morgan fingerprint density at radius 2 is 2.00 bits per heavy atom. The molecule has 1 aliphatic carbocycles. The predicted octanol–water partition coefficient (Wildman–Crippen LogP) is 1.58. The van der Waals surface area contributed by atoms with Crippen molar-refractivity contribution in [2.75, 3.05) is 0 Å². The minimum absolute atomic E-state index is 0.0150. The summed E-state index contributed by atoms with van der Waals surface area (Å²) in [5.74, 6) is 0.226. The van der Waals surface area contributed by atoms with E-state index in [4.69, 9.17) is 0 Å². The van der Waals surface area contributed by atoms with E-state index in [1.165, 1.54) is 0 Å². The second-order valence-electron chi connectivity index (χ2n) is 3.30. The molecule has 2 nitrogen and oxygen atoms in total. The molecule has 62 valence electrons. The molecule has 0 aliphatic heterocycles. The van der Waals surface area contributed by atoms with E-state index in [1.54, 1.807) is 6.92 Å². The Morgan fingerprint density at radius 3 is 2.45 bits per heavy atom. The topological polar surface area (TPSA) is 34.1 Å². The Labute approximate surface area is 67.0 Å². The van der Waals surface area contributed by atoms with Gasteiger partial charge in [0.1, 0.15) is 12.1 Å². The van der Waals surface area contributed by atoms with Crippen LogP contribution in [0.3, 0.4) is 0 Å². The van der Waals surface area contributed by atoms with Gasteiger partial charge in [0, 0.05) is 11.8 Å². The number of Topliss-reactive ketones (excluding diaryl/α,β-unsaturated/α-hetero) is 1. The van der Waals surface area contributed by atoms with Crippen molar-refractivity contribution in [1.29, 1.82) is 0 Å². The first-order valence-electron chi connectivity index (χ1n) is 4.21. The largest absolute Gasteiger partial charge is 0.303 e. The summed E-state index contributed by atoms with van der Waals surface area (Å²) in [5, 5.41) is 0. The van der Waals surface area contributed by atoms with Gasteiger partial charge in [0.2, 0.25) is 0 Å². The van der Waals surface area contributed by atoms with Crippen LogP contribution in [0.2, 0.25) is 0 Å². The molecule has 0 aromatic rings. The summed E-state index contributed by atoms with van der Waals surface area (Å²) in [5.41, 5.74) is 0. The Hall–Kier alpha value is -0.660. The van der Waals surface area contributed by atoms with E-state index >= 15 is 0 Å². The van der Waals surface area contributed by atoms with Crippen molar-refractivity contribution in [2.45, 2.75) is 32.6 Å². The second kappa shape index (κ2) is 3.65. The number of carbonyl (C=O) groups is 2. The summed E-state index contributed by atoms with van der Waals surface area (Å²) in [6, 6.07) is 0. The first-order valence-corrected chi connectivity index (χ1v) is 4.21. The Kier molecular flexibility index (Phi) is 2.80. The maximum Gasteiger partial charge on any atom is 0.133 e. The van der Waals surface area contributed by atoms with Crippen LogP contribution in [0.4, 0.5) is 0 Å². The van der Waals surface area contributed by atoms with E-state index in [9.17, 15) is 9.59 Å². The molecule has 1 aliphatic rings. The lowest BCUT2D eigenvalue weighted by molar-refractivity contribution is -0.127. The summed E-state index contributed by atoms with van der Waals surface area (Å²) in [7, 11) is 0. The number of hydrogen-bond acceptors (Lipinski definition) is 2. The number of aldehydes is 1. The van der Waals surface area contributed by atoms with Gasteiger partial charge in [-0.3, -0.25) is 4.79 Å². The number of carbonyl (C=O) groups excluding carboxylic acids is 2. The molecule has 0 amide bonds. The smallest absolute Gasteiger partial charge is 0.133 e. The molecule has 0 N–H and O–H groups in total. The number of rotatable bonds is 2. The van der Waals surface area contributed by atoms with Gasteiger partial charge in [-0.25, -0.2) is 0 Å². The van der Waals surface area contributed by atoms with Crippen molar-refractivity contribution in [3.05, 3.63) is 0 Å². The first kappa shape index (κ1) is 8.44. The molecule has 1 rings (SSSR count). The second-order valence-corrected chi connectivity index (χ2v) is 3.30. The van der Waals surface area contributed by atoms with Crippen LogP contribution in [0.5, 0.6) is 0 Å². The third-order valence-corrected chi connectivity index (χ3v) is 2.52. The van der Waals surface area contributed by atoms with Crippen LogP contribution < -0.4 is 0 Å². The summed E-state index contributed by atoms with van der Waals surface area (Å²) in [6.07, 6.45) is 4.99. The normalized spacial score (nSPS) is 31.4. The van der Waals surface area contributed by atoms with Gasteiger partial charge >= 0.3 is 0 Å². The molecule has 0 radical (unpaired) electrons. The lowest BCUT2D eigenvalue weighted by Gasteiger charge is -2.24. The molecule has 1 fully saturated rings. The Balaban J connectivity index is 2.58. The monoisotopic (exact) mass is 154 g/mol. The quantitative estimate of drug-likeness (QED) is 0.566. The minimum Gasteiger partial charge on any atom is -0.303 e. The van der Waals surface area contributed by atoms with Gasteiger partial charge in [-0.2, -0.15) is 0 Å². The third-order valence-electron chi connectivity index (χ3n) is 2.52. The molecule has 0 unspecified atom stereocenters. The fourth-order valence-electron chi connectivity index (χ4n) is 1.83. The van der Waals surface area contributed by atoms with Gasteiger partial charge in [-0.15, -0.1) is 0 Å². The highest BCUT2D eigenvalue weighted by Gasteiger charge is 2.27. The lowest BCUT2D eigenvalue weighted by atomic mass is 9.78. The minimum atomic E-state index is 0.0150. The zero-order chi connectivity index (χ0) is 8.27. The Morgan fingerprint density at radius 1 is 1.36 bits per heavy atom. The molecule has 0 aromatic carbocycles. The van der Waals surface area contributed by atoms with Gasteiger partial charge in [-0.05, 0) is 19.8 Å². The zero-order valence-corrected chi connectivity index (χ0v) is 6.88. The van der Waals surface area contributed by atoms with Gasteiger partial charge < -0.3 is 4.79 Å². The van der Waals surface area contributed by atoms with Crippen LogP contribution in [0, 0.1) is 11.8 Å². The highest BCUT2D eigenvalue weighted by atomic mass is 16.1. The van der Waals surface area contributed by atoms with Crippen LogP contribution >= 0.6 is 0 Å². The van der Waals surface area contributed by atoms with Gasteiger partial charge in [0.05, 0.1) is 0 Å². The standard InChI is InChI=1S/C9H14O2/c1-7(11)9-5-3-2-4-8(9)6-10/h6,8-9H,2-5H2,1H3/t8-,9-/m0/s1. The average Bonchev–Trinajstić information content (AvgIpc) is 2.04. The van der Waals surface area contributed by atoms with Crippen LogP contribution in [0.15, 0.2) is 0 Å². The summed E-state index contributed by atoms with van der Waals surface area (Å²) >= 11 is 0. The van der Waals surface area contributed by atoms with E-state index in [0.717, 1.165) is 32.0 Å². The molecule has 2 atom stereocenters. The molecule has 0 spiro atoms. The van der Waals surface area contributed by atoms with E-state index in [0.29, 0.717) is 0 Å². The van der Waals surface area contributed by atoms with Crippen LogP contribution in [0.1, 0.15) is 32.6 Å². The highest BCUT2D eigenvalue weighted by Crippen LogP contribution is 2.28. The molecule has 1 saturated carbocycles. The van der Waals surface area contributed by atoms with Crippen molar-refractivity contribution < 1.29 is 9.59 Å². The molecular formula is C9H14O2. The summed E-state index contributed by atoms with van der Waals surface area (Å²) in [4.78, 5) is 21.5.